The molecule has 0 radical (unpaired) electrons. The van der Waals surface area contributed by atoms with Crippen molar-refractivity contribution in [2.45, 2.75) is 38.5 Å². The molecule has 1 aliphatic rings. The molecule has 1 fully saturated rings. The Labute approximate surface area is 142 Å². The average molecular weight is 325 g/mol. The molecule has 5 nitrogen and oxygen atoms in total. The predicted octanol–water partition coefficient (Wildman–Crippen LogP) is 3.15. The minimum absolute atomic E-state index is 0.0356. The van der Waals surface area contributed by atoms with E-state index in [2.05, 4.69) is 16.9 Å². The van der Waals surface area contributed by atoms with Gasteiger partial charge in [0.05, 0.1) is 11.3 Å². The van der Waals surface area contributed by atoms with Crippen LogP contribution in [0.5, 0.6) is 5.75 Å². The molecular weight excluding hydrogens is 302 g/mol. The van der Waals surface area contributed by atoms with Crippen molar-refractivity contribution in [2.24, 2.45) is 0 Å². The number of likely N-dealkylation sites (tertiary alicyclic amines) is 1. The third-order valence-electron chi connectivity index (χ3n) is 4.64. The lowest BCUT2D eigenvalue weighted by Gasteiger charge is -2.32. The Morgan fingerprint density at radius 1 is 1.33 bits per heavy atom. The molecule has 3 rings (SSSR count). The second-order valence-corrected chi connectivity index (χ2v) is 6.29. The van der Waals surface area contributed by atoms with Gasteiger partial charge in [0.1, 0.15) is 12.1 Å². The number of carbonyl (C=O) groups excluding carboxylic acids is 1. The minimum atomic E-state index is 0.0356. The number of piperidine rings is 1. The third-order valence-corrected chi connectivity index (χ3v) is 4.64. The van der Waals surface area contributed by atoms with Gasteiger partial charge in [-0.05, 0) is 42.9 Å². The monoisotopic (exact) mass is 325 g/mol. The smallest absolute Gasteiger partial charge is 0.257 e. The van der Waals surface area contributed by atoms with E-state index in [-0.39, 0.29) is 5.91 Å². The van der Waals surface area contributed by atoms with E-state index in [1.54, 1.807) is 12.3 Å². The van der Waals surface area contributed by atoms with Gasteiger partial charge in [-0.2, -0.15) is 0 Å². The van der Waals surface area contributed by atoms with Crippen molar-refractivity contribution < 1.29 is 9.90 Å². The van der Waals surface area contributed by atoms with Gasteiger partial charge in [-0.15, -0.1) is 0 Å². The number of hydrogen-bond acceptors (Lipinski definition) is 4. The van der Waals surface area contributed by atoms with Crippen molar-refractivity contribution in [3.05, 3.63) is 53.6 Å². The summed E-state index contributed by atoms with van der Waals surface area (Å²) in [6.45, 7) is 3.52. The number of aromatic hydroxyl groups is 1. The number of carbonyl (C=O) groups is 1. The lowest BCUT2D eigenvalue weighted by molar-refractivity contribution is 0.0710. The highest BCUT2D eigenvalue weighted by atomic mass is 16.3. The SMILES string of the molecule is CCCc1ncncc1C(=O)N1CCC(c2cccc(O)c2)CC1. The molecule has 1 amide bonds. The lowest BCUT2D eigenvalue weighted by atomic mass is 9.89. The summed E-state index contributed by atoms with van der Waals surface area (Å²) in [6.07, 6.45) is 6.72. The van der Waals surface area contributed by atoms with E-state index >= 15 is 0 Å². The average Bonchev–Trinajstić information content (AvgIpc) is 2.62. The summed E-state index contributed by atoms with van der Waals surface area (Å²) in [5.41, 5.74) is 2.62. The van der Waals surface area contributed by atoms with E-state index in [0.29, 0.717) is 17.2 Å². The van der Waals surface area contributed by atoms with Gasteiger partial charge in [-0.1, -0.05) is 25.5 Å². The van der Waals surface area contributed by atoms with Crippen molar-refractivity contribution in [1.29, 1.82) is 0 Å². The van der Waals surface area contributed by atoms with Crippen LogP contribution in [-0.2, 0) is 6.42 Å². The van der Waals surface area contributed by atoms with Crippen LogP contribution >= 0.6 is 0 Å². The van der Waals surface area contributed by atoms with Crippen LogP contribution in [0.4, 0.5) is 0 Å². The van der Waals surface area contributed by atoms with Crippen LogP contribution in [0.2, 0.25) is 0 Å². The number of phenols is 1. The molecule has 0 aliphatic carbocycles. The van der Waals surface area contributed by atoms with Crippen LogP contribution in [0.25, 0.3) is 0 Å². The molecule has 24 heavy (non-hydrogen) atoms. The molecule has 1 aliphatic heterocycles. The number of benzene rings is 1. The maximum atomic E-state index is 12.8. The standard InChI is InChI=1S/C19H23N3O2/c1-2-4-18-17(12-20-13-21-18)19(24)22-9-7-14(8-10-22)15-5-3-6-16(23)11-15/h3,5-6,11-14,23H,2,4,7-10H2,1H3. The Balaban J connectivity index is 1.67. The summed E-state index contributed by atoms with van der Waals surface area (Å²) >= 11 is 0. The first-order valence-corrected chi connectivity index (χ1v) is 8.56. The van der Waals surface area contributed by atoms with Crippen LogP contribution in [0.1, 0.15) is 53.7 Å². The molecule has 1 aromatic heterocycles. The zero-order valence-corrected chi connectivity index (χ0v) is 14.0. The van der Waals surface area contributed by atoms with Gasteiger partial charge in [0.2, 0.25) is 0 Å². The first kappa shape index (κ1) is 16.4. The second-order valence-electron chi connectivity index (χ2n) is 6.29. The van der Waals surface area contributed by atoms with Crippen molar-refractivity contribution >= 4 is 5.91 Å². The first-order valence-electron chi connectivity index (χ1n) is 8.56. The summed E-state index contributed by atoms with van der Waals surface area (Å²) in [5, 5.41) is 9.64. The van der Waals surface area contributed by atoms with E-state index in [0.717, 1.165) is 50.0 Å². The molecule has 1 aromatic carbocycles. The molecular formula is C19H23N3O2. The third kappa shape index (κ3) is 3.55. The molecule has 0 unspecified atom stereocenters. The molecule has 5 heteroatoms. The maximum Gasteiger partial charge on any atom is 0.257 e. The molecule has 0 bridgehead atoms. The summed E-state index contributed by atoms with van der Waals surface area (Å²) in [5.74, 6) is 0.730. The number of phenolic OH excluding ortho intramolecular Hbond substituents is 1. The Morgan fingerprint density at radius 3 is 2.83 bits per heavy atom. The largest absolute Gasteiger partial charge is 0.508 e. The van der Waals surface area contributed by atoms with Crippen LogP contribution in [-0.4, -0.2) is 39.0 Å². The zero-order chi connectivity index (χ0) is 16.9. The highest BCUT2D eigenvalue weighted by Crippen LogP contribution is 2.30. The van der Waals surface area contributed by atoms with Gasteiger partial charge in [-0.25, -0.2) is 9.97 Å². The number of hydrogen-bond donors (Lipinski definition) is 1. The summed E-state index contributed by atoms with van der Waals surface area (Å²) in [6, 6.07) is 7.44. The van der Waals surface area contributed by atoms with Gasteiger partial charge < -0.3 is 10.0 Å². The van der Waals surface area contributed by atoms with E-state index in [1.807, 2.05) is 23.1 Å². The van der Waals surface area contributed by atoms with Crippen molar-refractivity contribution in [2.75, 3.05) is 13.1 Å². The molecule has 0 spiro atoms. The van der Waals surface area contributed by atoms with Crippen LogP contribution in [0.3, 0.4) is 0 Å². The number of amides is 1. The highest BCUT2D eigenvalue weighted by Gasteiger charge is 2.26. The summed E-state index contributed by atoms with van der Waals surface area (Å²) in [7, 11) is 0. The molecule has 1 N–H and O–H groups in total. The van der Waals surface area contributed by atoms with Crippen molar-refractivity contribution in [1.82, 2.24) is 14.9 Å². The topological polar surface area (TPSA) is 66.3 Å². The summed E-state index contributed by atoms with van der Waals surface area (Å²) in [4.78, 5) is 23.0. The van der Waals surface area contributed by atoms with Gasteiger partial charge >= 0.3 is 0 Å². The summed E-state index contributed by atoms with van der Waals surface area (Å²) < 4.78 is 0. The first-order chi connectivity index (χ1) is 11.7. The maximum absolute atomic E-state index is 12.8. The van der Waals surface area contributed by atoms with E-state index in [9.17, 15) is 9.90 Å². The van der Waals surface area contributed by atoms with Gasteiger partial charge in [0.25, 0.3) is 5.91 Å². The Kier molecular flexibility index (Phi) is 5.08. The van der Waals surface area contributed by atoms with Crippen LogP contribution in [0, 0.1) is 0 Å². The molecule has 2 aromatic rings. The fourth-order valence-electron chi connectivity index (χ4n) is 3.33. The van der Waals surface area contributed by atoms with Crippen LogP contribution in [0.15, 0.2) is 36.8 Å². The predicted molar refractivity (Wildman–Crippen MR) is 92.0 cm³/mol. The van der Waals surface area contributed by atoms with Crippen molar-refractivity contribution in [3.8, 4) is 5.75 Å². The number of aromatic nitrogens is 2. The van der Waals surface area contributed by atoms with Crippen LogP contribution < -0.4 is 0 Å². The lowest BCUT2D eigenvalue weighted by Crippen LogP contribution is -2.38. The Bertz CT molecular complexity index is 709. The molecule has 0 saturated carbocycles. The van der Waals surface area contributed by atoms with Gasteiger partial charge in [0.15, 0.2) is 0 Å². The molecule has 2 heterocycles. The highest BCUT2D eigenvalue weighted by molar-refractivity contribution is 5.95. The van der Waals surface area contributed by atoms with Gasteiger partial charge in [-0.3, -0.25) is 4.79 Å². The normalized spacial score (nSPS) is 15.5. The second kappa shape index (κ2) is 7.43. The van der Waals surface area contributed by atoms with Gasteiger partial charge in [0, 0.05) is 19.3 Å². The van der Waals surface area contributed by atoms with E-state index in [1.165, 1.54) is 6.33 Å². The minimum Gasteiger partial charge on any atom is -0.508 e. The quantitative estimate of drug-likeness (QED) is 0.938. The van der Waals surface area contributed by atoms with E-state index in [4.69, 9.17) is 0 Å². The van der Waals surface area contributed by atoms with E-state index < -0.39 is 0 Å². The number of rotatable bonds is 4. The Morgan fingerprint density at radius 2 is 2.12 bits per heavy atom. The molecule has 1 saturated heterocycles. The fourth-order valence-corrected chi connectivity index (χ4v) is 3.33. The zero-order valence-electron chi connectivity index (χ0n) is 14.0. The number of aryl methyl sites for hydroxylation is 1. The fraction of sp³-hybridized carbons (Fsp3) is 0.421. The molecule has 0 atom stereocenters. The Hall–Kier alpha value is -2.43. The van der Waals surface area contributed by atoms with Crippen molar-refractivity contribution in [3.63, 3.8) is 0 Å². The number of nitrogens with zero attached hydrogens (tertiary/aromatic N) is 3. The molecule has 126 valence electrons.